The van der Waals surface area contributed by atoms with Crippen molar-refractivity contribution >= 4 is 33.9 Å². The van der Waals surface area contributed by atoms with Gasteiger partial charge in [-0.1, -0.05) is 24.4 Å². The number of aromatic nitrogens is 4. The van der Waals surface area contributed by atoms with Crippen LogP contribution in [0, 0.1) is 0 Å². The van der Waals surface area contributed by atoms with E-state index in [0.29, 0.717) is 16.6 Å². The lowest BCUT2D eigenvalue weighted by molar-refractivity contribution is 0.918. The molecule has 21 heavy (non-hydrogen) atoms. The van der Waals surface area contributed by atoms with E-state index in [1.807, 2.05) is 24.3 Å². The number of rotatable bonds is 3. The minimum atomic E-state index is -0.404. The Morgan fingerprint density at radius 2 is 2.14 bits per heavy atom. The molecule has 3 rings (SSSR count). The summed E-state index contributed by atoms with van der Waals surface area (Å²) in [5.74, 6) is 0.909. The lowest BCUT2D eigenvalue weighted by Crippen LogP contribution is -2.19. The standard InChI is InChI=1S/C13H12N6OS/c14-9(21)5-10-18-7-3-1-2-4-8(7)19(10)12-11(15)13(20)17-6-16-12/h1-4,6H,5,15H2,(H2,14,21)(H,16,17,20). The van der Waals surface area contributed by atoms with Gasteiger partial charge in [0.25, 0.3) is 5.56 Å². The minimum absolute atomic E-state index is 0.0184. The van der Waals surface area contributed by atoms with E-state index in [2.05, 4.69) is 15.0 Å². The maximum absolute atomic E-state index is 11.7. The van der Waals surface area contributed by atoms with Crippen LogP contribution in [0.4, 0.5) is 5.69 Å². The Hall–Kier alpha value is -2.74. The summed E-state index contributed by atoms with van der Waals surface area (Å²) in [7, 11) is 0. The Morgan fingerprint density at radius 1 is 1.38 bits per heavy atom. The molecule has 1 aromatic carbocycles. The first-order chi connectivity index (χ1) is 10.1. The van der Waals surface area contributed by atoms with E-state index in [1.54, 1.807) is 4.57 Å². The molecular formula is C13H12N6OS. The SMILES string of the molecule is NC(=S)Cc1nc2ccccc2n1-c1nc[nH]c(=O)c1N. The first-order valence-corrected chi connectivity index (χ1v) is 6.57. The number of aromatic amines is 1. The molecule has 8 heteroatoms. The summed E-state index contributed by atoms with van der Waals surface area (Å²) in [6.07, 6.45) is 1.59. The number of nitrogens with two attached hydrogens (primary N) is 2. The Kier molecular flexibility index (Phi) is 3.15. The van der Waals surface area contributed by atoms with Crippen molar-refractivity contribution in [3.8, 4) is 5.82 Å². The third-order valence-electron chi connectivity index (χ3n) is 3.04. The summed E-state index contributed by atoms with van der Waals surface area (Å²) in [6.45, 7) is 0. The van der Waals surface area contributed by atoms with Crippen LogP contribution >= 0.6 is 12.2 Å². The second-order valence-electron chi connectivity index (χ2n) is 4.46. The molecule has 0 saturated heterocycles. The molecule has 0 amide bonds. The number of hydrogen-bond donors (Lipinski definition) is 3. The van der Waals surface area contributed by atoms with Crippen LogP contribution in [0.15, 0.2) is 35.4 Å². The first-order valence-electron chi connectivity index (χ1n) is 6.16. The van der Waals surface area contributed by atoms with Crippen molar-refractivity contribution in [3.63, 3.8) is 0 Å². The van der Waals surface area contributed by atoms with Gasteiger partial charge in [-0.15, -0.1) is 0 Å². The summed E-state index contributed by atoms with van der Waals surface area (Å²) in [4.78, 5) is 23.1. The van der Waals surface area contributed by atoms with Gasteiger partial charge >= 0.3 is 0 Å². The molecule has 2 aromatic heterocycles. The predicted octanol–water partition coefficient (Wildman–Crippen LogP) is 0.520. The van der Waals surface area contributed by atoms with Crippen LogP contribution in [-0.2, 0) is 6.42 Å². The minimum Gasteiger partial charge on any atom is -0.393 e. The molecular weight excluding hydrogens is 288 g/mol. The van der Waals surface area contributed by atoms with E-state index in [1.165, 1.54) is 6.33 Å². The summed E-state index contributed by atoms with van der Waals surface area (Å²) >= 11 is 4.96. The van der Waals surface area contributed by atoms with Crippen LogP contribution in [0.2, 0.25) is 0 Å². The maximum atomic E-state index is 11.7. The number of hydrogen-bond acceptors (Lipinski definition) is 5. The highest BCUT2D eigenvalue weighted by atomic mass is 32.1. The lowest BCUT2D eigenvalue weighted by Gasteiger charge is -2.09. The van der Waals surface area contributed by atoms with Gasteiger partial charge in [-0.25, -0.2) is 9.97 Å². The first kappa shape index (κ1) is 13.3. The number of nitrogen functional groups attached to an aromatic ring is 1. The van der Waals surface area contributed by atoms with Gasteiger partial charge in [0.1, 0.15) is 11.5 Å². The number of anilines is 1. The highest BCUT2D eigenvalue weighted by Gasteiger charge is 2.17. The molecule has 0 radical (unpaired) electrons. The fraction of sp³-hybridized carbons (Fsp3) is 0.0769. The molecule has 0 unspecified atom stereocenters. The largest absolute Gasteiger partial charge is 0.393 e. The van der Waals surface area contributed by atoms with Gasteiger partial charge < -0.3 is 16.5 Å². The number of fused-ring (bicyclic) bond motifs is 1. The van der Waals surface area contributed by atoms with E-state index >= 15 is 0 Å². The van der Waals surface area contributed by atoms with Crippen LogP contribution in [0.3, 0.4) is 0 Å². The molecule has 106 valence electrons. The van der Waals surface area contributed by atoms with Crippen LogP contribution < -0.4 is 17.0 Å². The number of para-hydroxylation sites is 2. The van der Waals surface area contributed by atoms with Crippen molar-refractivity contribution in [2.75, 3.05) is 5.73 Å². The molecule has 0 aliphatic carbocycles. The van der Waals surface area contributed by atoms with Gasteiger partial charge in [-0.3, -0.25) is 9.36 Å². The maximum Gasteiger partial charge on any atom is 0.276 e. The number of imidazole rings is 1. The normalized spacial score (nSPS) is 10.9. The van der Waals surface area contributed by atoms with Gasteiger partial charge in [-0.2, -0.15) is 0 Å². The van der Waals surface area contributed by atoms with Crippen LogP contribution in [0.1, 0.15) is 5.82 Å². The van der Waals surface area contributed by atoms with Crippen LogP contribution in [-0.4, -0.2) is 24.5 Å². The number of nitrogens with one attached hydrogen (secondary N) is 1. The molecule has 2 heterocycles. The molecule has 7 nitrogen and oxygen atoms in total. The molecule has 0 bridgehead atoms. The smallest absolute Gasteiger partial charge is 0.276 e. The van der Waals surface area contributed by atoms with Crippen molar-refractivity contribution in [1.82, 2.24) is 19.5 Å². The molecule has 0 saturated carbocycles. The number of thiocarbonyl (C=S) groups is 1. The molecule has 5 N–H and O–H groups in total. The van der Waals surface area contributed by atoms with Crippen molar-refractivity contribution in [3.05, 3.63) is 46.8 Å². The molecule has 0 aliphatic rings. The highest BCUT2D eigenvalue weighted by molar-refractivity contribution is 7.80. The van der Waals surface area contributed by atoms with Gasteiger partial charge in [0, 0.05) is 0 Å². The third kappa shape index (κ3) is 2.25. The summed E-state index contributed by atoms with van der Waals surface area (Å²) in [5, 5.41) is 0. The monoisotopic (exact) mass is 300 g/mol. The average molecular weight is 300 g/mol. The topological polar surface area (TPSA) is 116 Å². The van der Waals surface area contributed by atoms with Crippen LogP contribution in [0.25, 0.3) is 16.9 Å². The number of benzene rings is 1. The molecule has 0 fully saturated rings. The summed E-state index contributed by atoms with van der Waals surface area (Å²) in [5.41, 5.74) is 12.6. The Balaban J connectivity index is 2.36. The molecule has 0 atom stereocenters. The number of H-pyrrole nitrogens is 1. The fourth-order valence-corrected chi connectivity index (χ4v) is 2.29. The molecule has 0 spiro atoms. The average Bonchev–Trinajstić information content (AvgIpc) is 2.79. The highest BCUT2D eigenvalue weighted by Crippen LogP contribution is 2.22. The Labute approximate surface area is 124 Å². The zero-order chi connectivity index (χ0) is 15.0. The second kappa shape index (κ2) is 4.98. The second-order valence-corrected chi connectivity index (χ2v) is 4.99. The third-order valence-corrected chi connectivity index (χ3v) is 3.19. The molecule has 3 aromatic rings. The quantitative estimate of drug-likeness (QED) is 0.607. The van der Waals surface area contributed by atoms with Crippen molar-refractivity contribution in [2.45, 2.75) is 6.42 Å². The van der Waals surface area contributed by atoms with E-state index in [0.717, 1.165) is 11.0 Å². The summed E-state index contributed by atoms with van der Waals surface area (Å²) in [6, 6.07) is 7.47. The van der Waals surface area contributed by atoms with Crippen molar-refractivity contribution in [1.29, 1.82) is 0 Å². The van der Waals surface area contributed by atoms with E-state index < -0.39 is 5.56 Å². The number of nitrogens with zero attached hydrogens (tertiary/aromatic N) is 3. The van der Waals surface area contributed by atoms with Crippen molar-refractivity contribution in [2.24, 2.45) is 5.73 Å². The van der Waals surface area contributed by atoms with Gasteiger partial charge in [0.2, 0.25) is 0 Å². The van der Waals surface area contributed by atoms with Gasteiger partial charge in [-0.05, 0) is 12.1 Å². The van der Waals surface area contributed by atoms with E-state index in [4.69, 9.17) is 23.7 Å². The fourth-order valence-electron chi connectivity index (χ4n) is 2.17. The lowest BCUT2D eigenvalue weighted by atomic mass is 10.3. The predicted molar refractivity (Wildman–Crippen MR) is 84.4 cm³/mol. The zero-order valence-corrected chi connectivity index (χ0v) is 11.7. The van der Waals surface area contributed by atoms with Crippen LogP contribution in [0.5, 0.6) is 0 Å². The Bertz CT molecular complexity index is 897. The van der Waals surface area contributed by atoms with E-state index in [-0.39, 0.29) is 12.1 Å². The van der Waals surface area contributed by atoms with Crippen molar-refractivity contribution < 1.29 is 0 Å². The van der Waals surface area contributed by atoms with E-state index in [9.17, 15) is 4.79 Å². The Morgan fingerprint density at radius 3 is 2.90 bits per heavy atom. The molecule has 0 aliphatic heterocycles. The van der Waals surface area contributed by atoms with Gasteiger partial charge in [0.05, 0.1) is 28.8 Å². The zero-order valence-electron chi connectivity index (χ0n) is 10.9. The summed E-state index contributed by atoms with van der Waals surface area (Å²) < 4.78 is 1.71. The van der Waals surface area contributed by atoms with Gasteiger partial charge in [0.15, 0.2) is 5.82 Å².